The Morgan fingerprint density at radius 1 is 1.14 bits per heavy atom. The maximum Gasteiger partial charge on any atom is 0.339 e. The number of aromatic carboxylic acids is 1. The van der Waals surface area contributed by atoms with Crippen LogP contribution in [-0.4, -0.2) is 35.1 Å². The molecule has 0 saturated carbocycles. The summed E-state index contributed by atoms with van der Waals surface area (Å²) in [5, 5.41) is 18.9. The highest BCUT2D eigenvalue weighted by molar-refractivity contribution is 7.85. The molecule has 0 aromatic heterocycles. The Balaban J connectivity index is 2.96. The number of primary amides is 1. The summed E-state index contributed by atoms with van der Waals surface area (Å²) in [6.07, 6.45) is 0. The topological polar surface area (TPSA) is 155 Å². The van der Waals surface area contributed by atoms with Gasteiger partial charge in [0.25, 0.3) is 16.0 Å². The maximum absolute atomic E-state index is 11.4. The van der Waals surface area contributed by atoms with Crippen molar-refractivity contribution < 1.29 is 32.8 Å². The van der Waals surface area contributed by atoms with Gasteiger partial charge in [0.15, 0.2) is 0 Å². The van der Waals surface area contributed by atoms with E-state index in [1.165, 1.54) is 0 Å². The van der Waals surface area contributed by atoms with Gasteiger partial charge in [-0.1, -0.05) is 6.07 Å². The van der Waals surface area contributed by atoms with E-state index in [1.54, 1.807) is 0 Å². The molecule has 0 unspecified atom stereocenters. The Morgan fingerprint density at radius 3 is 2.24 bits per heavy atom. The van der Waals surface area contributed by atoms with Crippen LogP contribution < -0.4 is 5.73 Å². The molecule has 0 fully saturated rings. The first-order chi connectivity index (χ1) is 9.62. The van der Waals surface area contributed by atoms with Crippen molar-refractivity contribution in [2.45, 2.75) is 4.90 Å². The van der Waals surface area contributed by atoms with E-state index in [2.05, 4.69) is 0 Å². The first-order valence-corrected chi connectivity index (χ1v) is 6.87. The zero-order valence-electron chi connectivity index (χ0n) is 10.3. The lowest BCUT2D eigenvalue weighted by Crippen LogP contribution is -2.14. The number of carbonyl (C=O) groups excluding carboxylic acids is 1. The Hall–Kier alpha value is -2.65. The second-order valence-electron chi connectivity index (χ2n) is 4.18. The number of fused-ring (bicyclic) bond motifs is 1. The minimum Gasteiger partial charge on any atom is -0.506 e. The smallest absolute Gasteiger partial charge is 0.339 e. The predicted octanol–water partition coefficient (Wildman–Crippen LogP) is 0.589. The Morgan fingerprint density at radius 2 is 1.76 bits per heavy atom. The largest absolute Gasteiger partial charge is 0.506 e. The molecule has 5 N–H and O–H groups in total. The van der Waals surface area contributed by atoms with E-state index in [0.29, 0.717) is 0 Å². The minimum atomic E-state index is -4.50. The molecular formula is C12H9NO7S. The molecule has 2 rings (SSSR count). The van der Waals surface area contributed by atoms with Crippen molar-refractivity contribution in [3.05, 3.63) is 35.4 Å². The van der Waals surface area contributed by atoms with E-state index in [0.717, 1.165) is 24.3 Å². The average Bonchev–Trinajstić information content (AvgIpc) is 2.35. The zero-order valence-corrected chi connectivity index (χ0v) is 11.1. The molecule has 0 bridgehead atoms. The lowest BCUT2D eigenvalue weighted by atomic mass is 9.99. The van der Waals surface area contributed by atoms with Gasteiger partial charge in [-0.05, 0) is 29.0 Å². The van der Waals surface area contributed by atoms with E-state index in [4.69, 9.17) is 15.4 Å². The van der Waals surface area contributed by atoms with Crippen LogP contribution in [0.3, 0.4) is 0 Å². The summed E-state index contributed by atoms with van der Waals surface area (Å²) in [6, 6.07) is 4.10. The quantitative estimate of drug-likeness (QED) is 0.604. The van der Waals surface area contributed by atoms with Gasteiger partial charge in [0.1, 0.15) is 11.3 Å². The van der Waals surface area contributed by atoms with E-state index in [1.807, 2.05) is 0 Å². The molecule has 8 nitrogen and oxygen atoms in total. The van der Waals surface area contributed by atoms with Crippen molar-refractivity contribution >= 4 is 32.8 Å². The third-order valence-electron chi connectivity index (χ3n) is 2.86. The summed E-state index contributed by atoms with van der Waals surface area (Å²) in [7, 11) is -4.50. The summed E-state index contributed by atoms with van der Waals surface area (Å²) in [5.41, 5.74) is 4.07. The molecule has 0 spiro atoms. The highest BCUT2D eigenvalue weighted by Crippen LogP contribution is 2.32. The van der Waals surface area contributed by atoms with Crippen molar-refractivity contribution in [1.29, 1.82) is 0 Å². The van der Waals surface area contributed by atoms with Gasteiger partial charge < -0.3 is 15.9 Å². The molecule has 0 aliphatic carbocycles. The number of hydrogen-bond acceptors (Lipinski definition) is 5. The summed E-state index contributed by atoms with van der Waals surface area (Å²) in [4.78, 5) is 22.0. The molecule has 21 heavy (non-hydrogen) atoms. The van der Waals surface area contributed by atoms with Crippen LogP contribution in [-0.2, 0) is 10.1 Å². The number of carbonyl (C=O) groups is 2. The zero-order chi connectivity index (χ0) is 15.9. The van der Waals surface area contributed by atoms with Crippen LogP contribution in [0.15, 0.2) is 29.2 Å². The number of amides is 1. The Kier molecular flexibility index (Phi) is 3.32. The van der Waals surface area contributed by atoms with Gasteiger partial charge in [0.05, 0.1) is 10.5 Å². The fraction of sp³-hybridized carbons (Fsp3) is 0. The number of aromatic hydroxyl groups is 1. The maximum atomic E-state index is 11.4. The molecule has 2 aromatic carbocycles. The first-order valence-electron chi connectivity index (χ1n) is 5.43. The standard InChI is InChI=1S/C12H9NO7S/c13-11(15)9-7-2-1-6(21(18,19)20)3-5(7)4-8(10(9)14)12(16)17/h1-4,14H,(H2,13,15)(H,16,17)(H,18,19,20). The van der Waals surface area contributed by atoms with Crippen molar-refractivity contribution in [2.75, 3.05) is 0 Å². The summed E-state index contributed by atoms with van der Waals surface area (Å²) < 4.78 is 31.1. The Bertz CT molecular complexity index is 886. The minimum absolute atomic E-state index is 0.0223. The molecule has 110 valence electrons. The Labute approximate surface area is 118 Å². The molecule has 2 aromatic rings. The van der Waals surface area contributed by atoms with Gasteiger partial charge in [0, 0.05) is 0 Å². The molecule has 0 atom stereocenters. The predicted molar refractivity (Wildman–Crippen MR) is 70.9 cm³/mol. The number of benzene rings is 2. The number of nitrogens with two attached hydrogens (primary N) is 1. The lowest BCUT2D eigenvalue weighted by Gasteiger charge is -2.10. The van der Waals surface area contributed by atoms with Crippen LogP contribution >= 0.6 is 0 Å². The number of rotatable bonds is 3. The highest BCUT2D eigenvalue weighted by Gasteiger charge is 2.22. The number of phenols is 1. The average molecular weight is 311 g/mol. The lowest BCUT2D eigenvalue weighted by molar-refractivity contribution is 0.0694. The molecule has 0 saturated heterocycles. The monoisotopic (exact) mass is 311 g/mol. The van der Waals surface area contributed by atoms with Crippen LogP contribution in [0.25, 0.3) is 10.8 Å². The van der Waals surface area contributed by atoms with E-state index < -0.39 is 43.8 Å². The molecule has 9 heteroatoms. The molecule has 0 aliphatic heterocycles. The molecule has 0 aliphatic rings. The summed E-state index contributed by atoms with van der Waals surface area (Å²) >= 11 is 0. The third-order valence-corrected chi connectivity index (χ3v) is 3.71. The van der Waals surface area contributed by atoms with Gasteiger partial charge >= 0.3 is 5.97 Å². The van der Waals surface area contributed by atoms with E-state index in [-0.39, 0.29) is 10.8 Å². The fourth-order valence-electron chi connectivity index (χ4n) is 1.95. The van der Waals surface area contributed by atoms with Crippen LogP contribution in [0.4, 0.5) is 0 Å². The second kappa shape index (κ2) is 4.72. The first kappa shape index (κ1) is 14.8. The SMILES string of the molecule is NC(=O)c1c(O)c(C(=O)O)cc2cc(S(=O)(=O)O)ccc12. The second-order valence-corrected chi connectivity index (χ2v) is 5.60. The van der Waals surface area contributed by atoms with Crippen LogP contribution in [0.1, 0.15) is 20.7 Å². The molecule has 0 radical (unpaired) electrons. The highest BCUT2D eigenvalue weighted by atomic mass is 32.2. The number of hydrogen-bond donors (Lipinski definition) is 4. The fourth-order valence-corrected chi connectivity index (χ4v) is 2.46. The van der Waals surface area contributed by atoms with E-state index in [9.17, 15) is 23.1 Å². The molecular weight excluding hydrogens is 302 g/mol. The molecule has 1 amide bonds. The van der Waals surface area contributed by atoms with Gasteiger partial charge in [-0.3, -0.25) is 9.35 Å². The van der Waals surface area contributed by atoms with Crippen LogP contribution in [0.5, 0.6) is 5.75 Å². The van der Waals surface area contributed by atoms with Crippen LogP contribution in [0.2, 0.25) is 0 Å². The number of carboxylic acid groups (broad SMARTS) is 1. The summed E-state index contributed by atoms with van der Waals surface area (Å²) in [6.45, 7) is 0. The van der Waals surface area contributed by atoms with Gasteiger partial charge in [0.2, 0.25) is 0 Å². The summed E-state index contributed by atoms with van der Waals surface area (Å²) in [5.74, 6) is -3.39. The van der Waals surface area contributed by atoms with E-state index >= 15 is 0 Å². The van der Waals surface area contributed by atoms with Gasteiger partial charge in [-0.2, -0.15) is 8.42 Å². The number of carboxylic acids is 1. The normalized spacial score (nSPS) is 11.5. The van der Waals surface area contributed by atoms with Crippen molar-refractivity contribution in [1.82, 2.24) is 0 Å². The molecule has 0 heterocycles. The van der Waals surface area contributed by atoms with Crippen LogP contribution in [0, 0.1) is 0 Å². The van der Waals surface area contributed by atoms with Gasteiger partial charge in [-0.15, -0.1) is 0 Å². The van der Waals surface area contributed by atoms with Crippen molar-refractivity contribution in [3.8, 4) is 5.75 Å². The van der Waals surface area contributed by atoms with Crippen molar-refractivity contribution in [2.24, 2.45) is 5.73 Å². The van der Waals surface area contributed by atoms with Crippen molar-refractivity contribution in [3.63, 3.8) is 0 Å². The third kappa shape index (κ3) is 2.51. The van der Waals surface area contributed by atoms with Gasteiger partial charge in [-0.25, -0.2) is 4.79 Å².